The van der Waals surface area contributed by atoms with E-state index in [1.165, 1.54) is 0 Å². The maximum Gasteiger partial charge on any atom is 0.412 e. The third-order valence-electron chi connectivity index (χ3n) is 3.39. The molecule has 0 saturated carbocycles. The van der Waals surface area contributed by atoms with E-state index in [-0.39, 0.29) is 13.2 Å². The summed E-state index contributed by atoms with van der Waals surface area (Å²) in [6.45, 7) is 1.87. The molecular formula is C15H19NO6. The summed E-state index contributed by atoms with van der Waals surface area (Å²) in [5.41, 5.74) is 0.935. The smallest absolute Gasteiger partial charge is 0.412 e. The van der Waals surface area contributed by atoms with Crippen molar-refractivity contribution < 1.29 is 28.9 Å². The molecule has 1 amide bonds. The van der Waals surface area contributed by atoms with E-state index >= 15 is 0 Å². The molecule has 2 rings (SSSR count). The highest BCUT2D eigenvalue weighted by molar-refractivity contribution is 5.81. The lowest BCUT2D eigenvalue weighted by atomic mass is 10.1. The number of nitrogens with zero attached hydrogens (tertiary/aromatic N) is 1. The number of carbonyl (C=O) groups is 2. The quantitative estimate of drug-likeness (QED) is 0.787. The number of aliphatic hydroxyl groups excluding tert-OH is 1. The molecule has 1 heterocycles. The Morgan fingerprint density at radius 3 is 2.73 bits per heavy atom. The van der Waals surface area contributed by atoms with Crippen LogP contribution in [0.3, 0.4) is 0 Å². The third kappa shape index (κ3) is 3.48. The largest absolute Gasteiger partial charge is 0.497 e. The number of aliphatic hydroxyl groups is 1. The highest BCUT2D eigenvalue weighted by Gasteiger charge is 2.41. The van der Waals surface area contributed by atoms with Crippen LogP contribution in [0.2, 0.25) is 0 Å². The number of benzene rings is 1. The molecule has 1 N–H and O–H groups in total. The fourth-order valence-electron chi connectivity index (χ4n) is 2.29. The van der Waals surface area contributed by atoms with Crippen molar-refractivity contribution in [2.45, 2.75) is 25.6 Å². The molecule has 7 heteroatoms. The lowest BCUT2D eigenvalue weighted by molar-refractivity contribution is -0.162. The van der Waals surface area contributed by atoms with E-state index in [4.69, 9.17) is 14.2 Å². The summed E-state index contributed by atoms with van der Waals surface area (Å²) in [6, 6.07) is 6.89. The van der Waals surface area contributed by atoms with Gasteiger partial charge in [-0.25, -0.2) is 9.59 Å². The van der Waals surface area contributed by atoms with Gasteiger partial charge in [0, 0.05) is 0 Å². The minimum atomic E-state index is -1.65. The first-order valence-corrected chi connectivity index (χ1v) is 6.99. The van der Waals surface area contributed by atoms with E-state index < -0.39 is 24.3 Å². The number of hydrogen-bond acceptors (Lipinski definition) is 6. The Bertz CT molecular complexity index is 529. The number of cyclic esters (lactones) is 1. The standard InChI is InChI=1S/C15H19NO6/c1-3-21-14(18)13(17)16-11(9-22-15(16)19)8-10-4-6-12(20-2)7-5-10/h4-7,11,13,17H,3,8-9H2,1-2H3/t11-,13?/m0/s1. The molecular weight excluding hydrogens is 290 g/mol. The number of amides is 1. The average Bonchev–Trinajstić information content (AvgIpc) is 2.88. The molecule has 0 radical (unpaired) electrons. The van der Waals surface area contributed by atoms with Crippen molar-refractivity contribution in [3.8, 4) is 5.75 Å². The van der Waals surface area contributed by atoms with Crippen LogP contribution >= 0.6 is 0 Å². The molecule has 1 aromatic carbocycles. The average molecular weight is 309 g/mol. The van der Waals surface area contributed by atoms with E-state index in [2.05, 4.69) is 0 Å². The van der Waals surface area contributed by atoms with Gasteiger partial charge < -0.3 is 19.3 Å². The van der Waals surface area contributed by atoms with E-state index in [0.29, 0.717) is 6.42 Å². The first kappa shape index (κ1) is 16.1. The second-order valence-electron chi connectivity index (χ2n) is 4.82. The van der Waals surface area contributed by atoms with E-state index in [1.54, 1.807) is 26.2 Å². The second kappa shape index (κ2) is 7.13. The van der Waals surface area contributed by atoms with Gasteiger partial charge in [-0.2, -0.15) is 0 Å². The fraction of sp³-hybridized carbons (Fsp3) is 0.467. The molecule has 0 aliphatic carbocycles. The molecule has 7 nitrogen and oxygen atoms in total. The van der Waals surface area contributed by atoms with Crippen LogP contribution < -0.4 is 4.74 Å². The van der Waals surface area contributed by atoms with Gasteiger partial charge in [-0.15, -0.1) is 0 Å². The van der Waals surface area contributed by atoms with Crippen molar-refractivity contribution in [1.29, 1.82) is 0 Å². The number of carbonyl (C=O) groups excluding carboxylic acids is 2. The zero-order valence-corrected chi connectivity index (χ0v) is 12.5. The maximum absolute atomic E-state index is 11.7. The number of ether oxygens (including phenoxy) is 3. The summed E-state index contributed by atoms with van der Waals surface area (Å²) < 4.78 is 14.8. The van der Waals surface area contributed by atoms with Gasteiger partial charge in [0.2, 0.25) is 6.23 Å². The van der Waals surface area contributed by atoms with Gasteiger partial charge >= 0.3 is 12.1 Å². The topological polar surface area (TPSA) is 85.3 Å². The highest BCUT2D eigenvalue weighted by Crippen LogP contribution is 2.21. The first-order chi connectivity index (χ1) is 10.6. The van der Waals surface area contributed by atoms with E-state index in [1.807, 2.05) is 12.1 Å². The summed E-state index contributed by atoms with van der Waals surface area (Å²) in [6.07, 6.45) is -1.93. The Hall–Kier alpha value is -2.28. The highest BCUT2D eigenvalue weighted by atomic mass is 16.6. The number of methoxy groups -OCH3 is 1. The van der Waals surface area contributed by atoms with Crippen LogP contribution in [0.1, 0.15) is 12.5 Å². The molecule has 22 heavy (non-hydrogen) atoms. The molecule has 1 saturated heterocycles. The van der Waals surface area contributed by atoms with Gasteiger partial charge in [0.15, 0.2) is 0 Å². The minimum absolute atomic E-state index is 0.112. The zero-order valence-electron chi connectivity index (χ0n) is 12.5. The first-order valence-electron chi connectivity index (χ1n) is 6.99. The Morgan fingerprint density at radius 2 is 2.14 bits per heavy atom. The van der Waals surface area contributed by atoms with Gasteiger partial charge in [0.25, 0.3) is 0 Å². The zero-order chi connectivity index (χ0) is 16.1. The molecule has 1 aliphatic heterocycles. The summed E-state index contributed by atoms with van der Waals surface area (Å²) in [7, 11) is 1.58. The predicted octanol–water partition coefficient (Wildman–Crippen LogP) is 0.940. The molecule has 0 aromatic heterocycles. The Kier molecular flexibility index (Phi) is 5.21. The van der Waals surface area contributed by atoms with Crippen molar-refractivity contribution in [3.63, 3.8) is 0 Å². The van der Waals surface area contributed by atoms with Gasteiger partial charge in [-0.3, -0.25) is 4.90 Å². The fourth-order valence-corrected chi connectivity index (χ4v) is 2.29. The molecule has 1 fully saturated rings. The predicted molar refractivity (Wildman–Crippen MR) is 76.3 cm³/mol. The number of esters is 1. The Labute approximate surface area is 128 Å². The van der Waals surface area contributed by atoms with Crippen molar-refractivity contribution in [1.82, 2.24) is 4.90 Å². The van der Waals surface area contributed by atoms with Crippen LogP contribution in [0.5, 0.6) is 5.75 Å². The molecule has 1 aliphatic rings. The summed E-state index contributed by atoms with van der Waals surface area (Å²) in [5, 5.41) is 9.98. The Morgan fingerprint density at radius 1 is 1.45 bits per heavy atom. The molecule has 1 aromatic rings. The van der Waals surface area contributed by atoms with Crippen molar-refractivity contribution in [3.05, 3.63) is 29.8 Å². The molecule has 0 spiro atoms. The molecule has 120 valence electrons. The SMILES string of the molecule is CCOC(=O)C(O)N1C(=O)OC[C@@H]1Cc1ccc(OC)cc1. The van der Waals surface area contributed by atoms with Gasteiger partial charge in [0.1, 0.15) is 12.4 Å². The third-order valence-corrected chi connectivity index (χ3v) is 3.39. The van der Waals surface area contributed by atoms with E-state index in [0.717, 1.165) is 16.2 Å². The van der Waals surface area contributed by atoms with Crippen molar-refractivity contribution in [2.75, 3.05) is 20.3 Å². The monoisotopic (exact) mass is 309 g/mol. The van der Waals surface area contributed by atoms with Crippen LogP contribution in [0.15, 0.2) is 24.3 Å². The molecule has 1 unspecified atom stereocenters. The summed E-state index contributed by atoms with van der Waals surface area (Å²) in [5.74, 6) is -0.132. The van der Waals surface area contributed by atoms with E-state index in [9.17, 15) is 14.7 Å². The second-order valence-corrected chi connectivity index (χ2v) is 4.82. The van der Waals surface area contributed by atoms with Crippen molar-refractivity contribution in [2.24, 2.45) is 0 Å². The van der Waals surface area contributed by atoms with Gasteiger partial charge in [-0.05, 0) is 31.0 Å². The summed E-state index contributed by atoms with van der Waals surface area (Å²) >= 11 is 0. The molecule has 0 bridgehead atoms. The Balaban J connectivity index is 2.08. The van der Waals surface area contributed by atoms with Crippen LogP contribution in [0.4, 0.5) is 4.79 Å². The van der Waals surface area contributed by atoms with Gasteiger partial charge in [0.05, 0.1) is 19.8 Å². The number of hydrogen-bond donors (Lipinski definition) is 1. The lowest BCUT2D eigenvalue weighted by Crippen LogP contribution is -2.48. The van der Waals surface area contributed by atoms with Crippen LogP contribution in [0, 0.1) is 0 Å². The normalized spacial score (nSPS) is 18.8. The van der Waals surface area contributed by atoms with Gasteiger partial charge in [-0.1, -0.05) is 12.1 Å². The van der Waals surface area contributed by atoms with Crippen LogP contribution in [-0.4, -0.2) is 54.7 Å². The summed E-state index contributed by atoms with van der Waals surface area (Å²) in [4.78, 5) is 24.4. The van der Waals surface area contributed by atoms with Crippen molar-refractivity contribution >= 4 is 12.1 Å². The van der Waals surface area contributed by atoms with Crippen LogP contribution in [-0.2, 0) is 20.7 Å². The maximum atomic E-state index is 11.7. The lowest BCUT2D eigenvalue weighted by Gasteiger charge is -2.25. The molecule has 2 atom stereocenters. The minimum Gasteiger partial charge on any atom is -0.497 e. The van der Waals surface area contributed by atoms with Crippen LogP contribution in [0.25, 0.3) is 0 Å². The number of rotatable bonds is 6.